The molecule has 778 valence electrons. The molecule has 3 aliphatic rings. The number of nitrogens with two attached hydrogens (primary N) is 3. The Kier molecular flexibility index (Phi) is 49.8. The van der Waals surface area contributed by atoms with Gasteiger partial charge in [-0.15, -0.1) is 0 Å². The molecule has 2 aliphatic heterocycles. The smallest absolute Gasteiger partial charge is 0.481 e. The molecule has 14 atom stereocenters. The number of alkyl carbamates (subject to hydrolysis) is 1. The summed E-state index contributed by atoms with van der Waals surface area (Å²) < 4.78 is 111. The number of rotatable bonds is 63. The van der Waals surface area contributed by atoms with E-state index in [-0.39, 0.29) is 137 Å². The summed E-state index contributed by atoms with van der Waals surface area (Å²) in [6.07, 6.45) is -3.78. The number of hydrogen-bond donors (Lipinski definition) is 24. The Labute approximate surface area is 806 Å². The number of aryl methyl sites for hydroxylation is 2. The molecule has 2 fully saturated rings. The molecule has 8 unspecified atom stereocenters. The van der Waals surface area contributed by atoms with Crippen LogP contribution < -0.4 is 65.8 Å². The molecule has 7 rings (SSSR count). The number of aliphatic hydroxyl groups is 2. The number of phosphoric ester groups is 2. The number of benzene rings is 2. The zero-order valence-corrected chi connectivity index (χ0v) is 82.2. The van der Waals surface area contributed by atoms with Crippen molar-refractivity contribution in [2.45, 2.75) is 195 Å². The normalized spacial score (nSPS) is 18.8. The van der Waals surface area contributed by atoms with Crippen molar-refractivity contribution in [3.63, 3.8) is 0 Å². The second-order valence-corrected chi connectivity index (χ2v) is 44.6. The Morgan fingerprint density at radius 1 is 0.460 bits per heavy atom. The van der Waals surface area contributed by atoms with Gasteiger partial charge in [0, 0.05) is 130 Å². The van der Waals surface area contributed by atoms with Crippen LogP contribution in [0.1, 0.15) is 156 Å². The molecule has 0 spiro atoms. The van der Waals surface area contributed by atoms with Crippen LogP contribution in [0.2, 0.25) is 0 Å². The van der Waals surface area contributed by atoms with E-state index in [4.69, 9.17) is 66.3 Å². The number of carbonyl (C=O) groups is 11. The van der Waals surface area contributed by atoms with E-state index >= 15 is 0 Å². The van der Waals surface area contributed by atoms with Crippen LogP contribution in [-0.4, -0.2) is 272 Å². The van der Waals surface area contributed by atoms with Gasteiger partial charge < -0.3 is 138 Å². The molecule has 0 bridgehead atoms. The number of aliphatic carboxylic acids is 4. The molecule has 1 aliphatic carbocycles. The minimum absolute atomic E-state index is 0.00503. The van der Waals surface area contributed by atoms with E-state index in [1.165, 1.54) is 55.6 Å². The summed E-state index contributed by atoms with van der Waals surface area (Å²) in [4.78, 5) is 238. The molecule has 2 aromatic heterocycles. The number of carboxylic acids is 4. The maximum atomic E-state index is 13.5. The molecule has 139 heavy (non-hydrogen) atoms. The zero-order chi connectivity index (χ0) is 103. The number of nitrogens with zero attached hydrogens (tertiary/aromatic N) is 4. The highest BCUT2D eigenvalue weighted by Crippen LogP contribution is 2.68. The van der Waals surface area contributed by atoms with Crippen molar-refractivity contribution in [1.29, 1.82) is 0 Å². The molecule has 2 aromatic carbocycles. The van der Waals surface area contributed by atoms with Gasteiger partial charge in [0.1, 0.15) is 61.0 Å². The number of fused-ring (bicyclic) bond motifs is 3. The Morgan fingerprint density at radius 3 is 1.26 bits per heavy atom. The quantitative estimate of drug-likeness (QED) is 0.0170. The van der Waals surface area contributed by atoms with Gasteiger partial charge in [-0.2, -0.15) is 27.2 Å². The highest BCUT2D eigenvalue weighted by atomic mass is 33.1. The first-order valence-corrected chi connectivity index (χ1v) is 56.1. The molecule has 56 nitrogen and oxygen atoms in total. The SMILES string of the molecule is Nc1nc(=O)n([C@H]2C[C@@H](O)[C@@H](COP(=O)(O)OP(=O)(O)OP(=O)(O)O)O2)cc1CCCNC(=O)CCSSCC(N)C(=O)NCCCCCC(=O)NC(CCC(=O)O)C(=O)O.Nc1nc(=O)n([C@H]2C[C@@H](O)[C@@H](COP(=O)(O)OP(=O)(O)OP(=O)(O)O)O2)cc1CCCNC(=O)CCSSCC(NC(=O)OCC1c2ccccc2-c2ccccc21)C(=O)NCCCCCC(=O)NC(CCC(=O)O)C(=O)O. The second-order valence-electron chi connectivity index (χ2n) is 30.6. The van der Waals surface area contributed by atoms with E-state index in [1.807, 2.05) is 48.5 Å². The topological polar surface area (TPSA) is 889 Å². The van der Waals surface area contributed by atoms with E-state index in [1.54, 1.807) is 0 Å². The molecular formula is C73H110N14O42P6S4. The number of hydrogen-bond acceptors (Lipinski definition) is 39. The van der Waals surface area contributed by atoms with Gasteiger partial charge in [-0.3, -0.25) is 56.5 Å². The third-order valence-electron chi connectivity index (χ3n) is 19.8. The maximum Gasteiger partial charge on any atom is 0.490 e. The Bertz CT molecular complexity index is 5280. The van der Waals surface area contributed by atoms with Gasteiger partial charge in [-0.1, -0.05) is 105 Å². The second kappa shape index (κ2) is 57.9. The summed E-state index contributed by atoms with van der Waals surface area (Å²) in [7, 11) is -28.6. The average Bonchev–Trinajstić information content (AvgIpc) is 1.61. The minimum atomic E-state index is -5.79. The van der Waals surface area contributed by atoms with Crippen LogP contribution in [-0.2, 0) is 129 Å². The predicted molar refractivity (Wildman–Crippen MR) is 492 cm³/mol. The van der Waals surface area contributed by atoms with Crippen molar-refractivity contribution in [2.75, 3.05) is 80.5 Å². The van der Waals surface area contributed by atoms with Crippen molar-refractivity contribution in [3.8, 4) is 11.1 Å². The van der Waals surface area contributed by atoms with E-state index in [0.29, 0.717) is 80.5 Å². The number of aliphatic hydroxyl groups excluding tert-OH is 2. The van der Waals surface area contributed by atoms with Crippen molar-refractivity contribution in [3.05, 3.63) is 104 Å². The number of nitrogens with one attached hydrogen (secondary N) is 7. The largest absolute Gasteiger partial charge is 0.490 e. The average molecular weight is 2170 g/mol. The molecule has 4 aromatic rings. The lowest BCUT2D eigenvalue weighted by atomic mass is 9.98. The number of amides is 7. The summed E-state index contributed by atoms with van der Waals surface area (Å²) in [6.45, 7) is -0.993. The first-order chi connectivity index (χ1) is 65.2. The molecule has 4 heterocycles. The minimum Gasteiger partial charge on any atom is -0.481 e. The highest BCUT2D eigenvalue weighted by Gasteiger charge is 2.46. The standard InChI is InChI=1S/C44H60N7O22P3S2.C29H50N7O20P3S2/c45-40-26(22-51(43(60)50-40)38-21-34(52)35(71-38)24-70-75(65,66)73-76(67,68)72-74(62,63)64)9-8-19-46-36(53)17-20-77-78-25-33(41(57)47-18-7-1-2-14-37(54)48-32(42(58)59)15-16-39(55)56)49-44(61)69-23-31-29-12-5-3-10-27(29)28-11-4-6-13-30(28)31;30-18(27(42)33-10-3-1-2-6-23(39)34-19(28(43)44)7-8-25(40)41)16-61-60-12-9-22(38)32-11-4-5-17-14-36(29(45)35-26(17)31)24-13-20(37)21(54-24)15-53-58(49,50)56-59(51,52)55-57(46,47)48/h3-6,10-13,22,31-35,38,52H,1-2,7-9,14-21,23-25H2,(H,46,53)(H,47,57)(H,48,54)(H,49,61)(H,55,56)(H,58,59)(H,65,66)(H,67,68)(H2,45,50,60)(H2,62,63,64);14,18-21,24,37H,1-13,15-16,30H2,(H,32,38)(H,33,42)(H,34,39)(H,40,41)(H,43,44)(H,49,50)(H,51,52)(H2,31,35,45)(H2,46,47,48)/t32?,33?,34-,35-,38-;18?,19?,20-,21-,24-/m11/s1. The van der Waals surface area contributed by atoms with E-state index in [2.05, 4.69) is 73.5 Å². The first kappa shape index (κ1) is 119. The molecule has 2 saturated heterocycles. The lowest BCUT2D eigenvalue weighted by Gasteiger charge is -2.19. The fourth-order valence-corrected chi connectivity index (χ4v) is 23.5. The number of nitrogen functional groups attached to an aromatic ring is 2. The number of carboxylic acid groups (broad SMARTS) is 4. The van der Waals surface area contributed by atoms with Gasteiger partial charge in [0.15, 0.2) is 0 Å². The van der Waals surface area contributed by atoms with Crippen LogP contribution in [0.4, 0.5) is 16.4 Å². The number of ether oxygens (including phenoxy) is 3. The van der Waals surface area contributed by atoms with Crippen molar-refractivity contribution in [2.24, 2.45) is 5.73 Å². The number of unbranched alkanes of at least 4 members (excludes halogenated alkanes) is 4. The van der Waals surface area contributed by atoms with E-state index in [0.717, 1.165) is 31.4 Å². The van der Waals surface area contributed by atoms with Crippen LogP contribution in [0.3, 0.4) is 0 Å². The number of aromatic nitrogens is 4. The third-order valence-corrected chi connectivity index (χ3v) is 32.2. The molecule has 0 saturated carbocycles. The summed E-state index contributed by atoms with van der Waals surface area (Å²) in [5, 5.41) is 75.1. The summed E-state index contributed by atoms with van der Waals surface area (Å²) in [6, 6.07) is 11.1. The molecular weight excluding hydrogens is 2060 g/mol. The van der Waals surface area contributed by atoms with Crippen molar-refractivity contribution >= 4 is 167 Å². The number of anilines is 2. The van der Waals surface area contributed by atoms with E-state index in [9.17, 15) is 125 Å². The zero-order valence-electron chi connectivity index (χ0n) is 73.6. The third kappa shape index (κ3) is 45.1. The Hall–Kier alpha value is -8.21. The lowest BCUT2D eigenvalue weighted by molar-refractivity contribution is -0.144. The summed E-state index contributed by atoms with van der Waals surface area (Å²) in [5.74, 6) is -6.88. The molecule has 66 heteroatoms. The van der Waals surface area contributed by atoms with Gasteiger partial charge in [-0.05, 0) is 86.5 Å². The van der Waals surface area contributed by atoms with E-state index < -0.39 is 193 Å². The van der Waals surface area contributed by atoms with Gasteiger partial charge in [0.2, 0.25) is 35.4 Å². The predicted octanol–water partition coefficient (Wildman–Crippen LogP) is 1.73. The van der Waals surface area contributed by atoms with Gasteiger partial charge in [0.05, 0.1) is 31.5 Å². The first-order valence-electron chi connectivity index (χ1n) is 42.1. The number of phosphoric acid groups is 6. The van der Waals surface area contributed by atoms with Crippen molar-refractivity contribution < 1.29 is 190 Å². The lowest BCUT2D eigenvalue weighted by Crippen LogP contribution is -2.48. The fraction of sp³-hybridized carbons (Fsp3) is 0.575. The fourth-order valence-electron chi connectivity index (χ4n) is 13.1. The van der Waals surface area contributed by atoms with Crippen LogP contribution in [0.5, 0.6) is 0 Å². The molecule has 27 N–H and O–H groups in total. The maximum absolute atomic E-state index is 13.5. The summed E-state index contributed by atoms with van der Waals surface area (Å²) in [5.41, 5.74) is 20.9. The van der Waals surface area contributed by atoms with Gasteiger partial charge >= 0.3 is 88.3 Å². The van der Waals surface area contributed by atoms with Crippen LogP contribution >= 0.6 is 90.1 Å². The van der Waals surface area contributed by atoms with Crippen LogP contribution in [0, 0.1) is 0 Å². The van der Waals surface area contributed by atoms with Crippen molar-refractivity contribution in [1.82, 2.24) is 56.3 Å². The van der Waals surface area contributed by atoms with Crippen LogP contribution in [0.15, 0.2) is 70.5 Å². The van der Waals surface area contributed by atoms with Crippen LogP contribution in [0.25, 0.3) is 11.1 Å². The van der Waals surface area contributed by atoms with Gasteiger partial charge in [0.25, 0.3) is 0 Å². The summed E-state index contributed by atoms with van der Waals surface area (Å²) >= 11 is 0. The Balaban J connectivity index is 0.000000440. The van der Waals surface area contributed by atoms with Gasteiger partial charge in [-0.25, -0.2) is 51.4 Å². The molecule has 0 radical (unpaired) electrons. The molecule has 7 amide bonds. The number of carbonyl (C=O) groups excluding carboxylic acids is 7. The Morgan fingerprint density at radius 2 is 0.856 bits per heavy atom. The highest BCUT2D eigenvalue weighted by molar-refractivity contribution is 8.77. The monoisotopic (exact) mass is 2170 g/mol.